The second-order valence-electron chi connectivity index (χ2n) is 3.72. The van der Waals surface area contributed by atoms with Crippen molar-refractivity contribution >= 4 is 23.5 Å². The van der Waals surface area contributed by atoms with Crippen molar-refractivity contribution in [2.75, 3.05) is 0 Å². The largest absolute Gasteiger partial charge is 0.467 e. The molecule has 0 spiro atoms. The highest BCUT2D eigenvalue weighted by molar-refractivity contribution is 6.30. The number of imide groups is 1. The molecule has 1 aromatic heterocycles. The summed E-state index contributed by atoms with van der Waals surface area (Å²) >= 11 is 5.71. The molecule has 0 saturated heterocycles. The van der Waals surface area contributed by atoms with Gasteiger partial charge in [0.15, 0.2) is 0 Å². The molecule has 0 fully saturated rings. The van der Waals surface area contributed by atoms with E-state index in [9.17, 15) is 9.59 Å². The lowest BCUT2D eigenvalue weighted by Crippen LogP contribution is -2.39. The van der Waals surface area contributed by atoms with Crippen LogP contribution in [-0.4, -0.2) is 11.9 Å². The van der Waals surface area contributed by atoms with Crippen molar-refractivity contribution in [3.05, 3.63) is 59.0 Å². The van der Waals surface area contributed by atoms with E-state index in [2.05, 4.69) is 10.6 Å². The van der Waals surface area contributed by atoms with Gasteiger partial charge < -0.3 is 9.73 Å². The average Bonchev–Trinajstić information content (AvgIpc) is 2.90. The molecule has 0 bridgehead atoms. The predicted octanol–water partition coefficient (Wildman–Crippen LogP) is 2.57. The van der Waals surface area contributed by atoms with Gasteiger partial charge in [-0.05, 0) is 36.4 Å². The first-order valence-electron chi connectivity index (χ1n) is 5.52. The maximum atomic E-state index is 11.7. The monoisotopic (exact) mass is 278 g/mol. The number of nitrogens with one attached hydrogen (secondary N) is 2. The van der Waals surface area contributed by atoms with Crippen molar-refractivity contribution in [2.45, 2.75) is 6.54 Å². The zero-order valence-electron chi connectivity index (χ0n) is 9.85. The highest BCUT2D eigenvalue weighted by atomic mass is 35.5. The van der Waals surface area contributed by atoms with Gasteiger partial charge in [0.1, 0.15) is 5.76 Å². The van der Waals surface area contributed by atoms with Crippen LogP contribution in [0.25, 0.3) is 0 Å². The minimum Gasteiger partial charge on any atom is -0.467 e. The van der Waals surface area contributed by atoms with E-state index in [0.717, 1.165) is 0 Å². The van der Waals surface area contributed by atoms with Crippen LogP contribution in [0, 0.1) is 0 Å². The van der Waals surface area contributed by atoms with E-state index in [-0.39, 0.29) is 6.54 Å². The maximum Gasteiger partial charge on any atom is 0.322 e. The Bertz CT molecular complexity index is 564. The minimum absolute atomic E-state index is 0.215. The summed E-state index contributed by atoms with van der Waals surface area (Å²) in [5, 5.41) is 5.24. The molecule has 0 saturated carbocycles. The van der Waals surface area contributed by atoms with E-state index in [1.807, 2.05) is 0 Å². The molecule has 2 aromatic rings. The van der Waals surface area contributed by atoms with Crippen LogP contribution in [0.3, 0.4) is 0 Å². The lowest BCUT2D eigenvalue weighted by molar-refractivity contribution is 0.0963. The number of urea groups is 1. The molecule has 0 atom stereocenters. The third kappa shape index (κ3) is 3.86. The molecular weight excluding hydrogens is 268 g/mol. The Morgan fingerprint density at radius 3 is 2.53 bits per heavy atom. The second kappa shape index (κ2) is 6.06. The van der Waals surface area contributed by atoms with E-state index < -0.39 is 11.9 Å². The smallest absolute Gasteiger partial charge is 0.322 e. The normalized spacial score (nSPS) is 9.95. The second-order valence-corrected chi connectivity index (χ2v) is 4.16. The van der Waals surface area contributed by atoms with Gasteiger partial charge in [-0.25, -0.2) is 4.79 Å². The van der Waals surface area contributed by atoms with Crippen LogP contribution in [0.1, 0.15) is 16.1 Å². The molecule has 0 unspecified atom stereocenters. The fraction of sp³-hybridized carbons (Fsp3) is 0.0769. The molecule has 0 aliphatic heterocycles. The summed E-state index contributed by atoms with van der Waals surface area (Å²) in [6, 6.07) is 9.09. The summed E-state index contributed by atoms with van der Waals surface area (Å²) in [7, 11) is 0. The number of rotatable bonds is 3. The summed E-state index contributed by atoms with van der Waals surface area (Å²) in [4.78, 5) is 23.2. The first-order valence-corrected chi connectivity index (χ1v) is 5.90. The number of furan rings is 1. The molecule has 1 heterocycles. The van der Waals surface area contributed by atoms with Crippen LogP contribution in [0.2, 0.25) is 5.02 Å². The number of hydrogen-bond donors (Lipinski definition) is 2. The number of carbonyl (C=O) groups is 2. The summed E-state index contributed by atoms with van der Waals surface area (Å²) < 4.78 is 5.04. The Hall–Kier alpha value is -2.27. The van der Waals surface area contributed by atoms with Crippen molar-refractivity contribution < 1.29 is 14.0 Å². The summed E-state index contributed by atoms with van der Waals surface area (Å²) in [6.45, 7) is 0.215. The third-order valence-corrected chi connectivity index (χ3v) is 2.59. The molecule has 5 nitrogen and oxygen atoms in total. The highest BCUT2D eigenvalue weighted by Gasteiger charge is 2.10. The maximum absolute atomic E-state index is 11.7. The SMILES string of the molecule is O=C(NCc1ccco1)NC(=O)c1ccc(Cl)cc1. The van der Waals surface area contributed by atoms with Crippen molar-refractivity contribution in [3.8, 4) is 0 Å². The van der Waals surface area contributed by atoms with Crippen LogP contribution < -0.4 is 10.6 Å². The van der Waals surface area contributed by atoms with E-state index in [0.29, 0.717) is 16.3 Å². The zero-order chi connectivity index (χ0) is 13.7. The minimum atomic E-state index is -0.587. The molecule has 2 N–H and O–H groups in total. The average molecular weight is 279 g/mol. The summed E-state index contributed by atoms with van der Waals surface area (Å²) in [5.41, 5.74) is 0.359. The number of carbonyl (C=O) groups excluding carboxylic acids is 2. The van der Waals surface area contributed by atoms with Crippen molar-refractivity contribution in [2.24, 2.45) is 0 Å². The molecule has 1 aromatic carbocycles. The summed E-state index contributed by atoms with van der Waals surface area (Å²) in [5.74, 6) is 0.114. The van der Waals surface area contributed by atoms with Gasteiger partial charge in [-0.15, -0.1) is 0 Å². The summed E-state index contributed by atoms with van der Waals surface area (Å²) in [6.07, 6.45) is 1.51. The number of benzene rings is 1. The topological polar surface area (TPSA) is 71.3 Å². The standard InChI is InChI=1S/C13H11ClN2O3/c14-10-5-3-9(4-6-10)12(17)16-13(18)15-8-11-2-1-7-19-11/h1-7H,8H2,(H2,15,16,17,18). The fourth-order valence-corrected chi connectivity index (χ4v) is 1.53. The van der Waals surface area contributed by atoms with Gasteiger partial charge in [0, 0.05) is 10.6 Å². The van der Waals surface area contributed by atoms with E-state index in [1.165, 1.54) is 18.4 Å². The van der Waals surface area contributed by atoms with Gasteiger partial charge in [-0.2, -0.15) is 0 Å². The first-order chi connectivity index (χ1) is 9.15. The zero-order valence-corrected chi connectivity index (χ0v) is 10.6. The van der Waals surface area contributed by atoms with Gasteiger partial charge in [-0.3, -0.25) is 10.1 Å². The van der Waals surface area contributed by atoms with E-state index in [4.69, 9.17) is 16.0 Å². The third-order valence-electron chi connectivity index (χ3n) is 2.34. The lowest BCUT2D eigenvalue weighted by Gasteiger charge is -2.05. The van der Waals surface area contributed by atoms with E-state index in [1.54, 1.807) is 24.3 Å². The Balaban J connectivity index is 1.85. The quantitative estimate of drug-likeness (QED) is 0.906. The Labute approximate surface area is 114 Å². The molecule has 0 aliphatic carbocycles. The van der Waals surface area contributed by atoms with Crippen molar-refractivity contribution in [1.29, 1.82) is 0 Å². The predicted molar refractivity (Wildman–Crippen MR) is 69.9 cm³/mol. The van der Waals surface area contributed by atoms with Gasteiger partial charge in [0.2, 0.25) is 0 Å². The van der Waals surface area contributed by atoms with Gasteiger partial charge in [0.25, 0.3) is 5.91 Å². The number of halogens is 1. The van der Waals surface area contributed by atoms with Crippen LogP contribution in [0.5, 0.6) is 0 Å². The highest BCUT2D eigenvalue weighted by Crippen LogP contribution is 2.09. The molecule has 19 heavy (non-hydrogen) atoms. The Kier molecular flexibility index (Phi) is 4.20. The van der Waals surface area contributed by atoms with Crippen LogP contribution in [0.15, 0.2) is 47.1 Å². The van der Waals surface area contributed by atoms with Gasteiger partial charge in [0.05, 0.1) is 12.8 Å². The van der Waals surface area contributed by atoms with Crippen molar-refractivity contribution in [3.63, 3.8) is 0 Å². The molecular formula is C13H11ClN2O3. The van der Waals surface area contributed by atoms with Crippen LogP contribution in [-0.2, 0) is 6.54 Å². The van der Waals surface area contributed by atoms with Gasteiger partial charge >= 0.3 is 6.03 Å². The molecule has 6 heteroatoms. The number of amides is 3. The Morgan fingerprint density at radius 1 is 1.16 bits per heavy atom. The molecule has 98 valence electrons. The Morgan fingerprint density at radius 2 is 1.89 bits per heavy atom. The first kappa shape index (κ1) is 13.2. The van der Waals surface area contributed by atoms with Crippen LogP contribution >= 0.6 is 11.6 Å². The van der Waals surface area contributed by atoms with Crippen LogP contribution in [0.4, 0.5) is 4.79 Å². The number of hydrogen-bond acceptors (Lipinski definition) is 3. The molecule has 0 aliphatic rings. The van der Waals surface area contributed by atoms with E-state index >= 15 is 0 Å². The molecule has 3 amide bonds. The fourth-order valence-electron chi connectivity index (χ4n) is 1.40. The molecule has 2 rings (SSSR count). The van der Waals surface area contributed by atoms with Gasteiger partial charge in [-0.1, -0.05) is 11.6 Å². The lowest BCUT2D eigenvalue weighted by atomic mass is 10.2. The molecule has 0 radical (unpaired) electrons. The van der Waals surface area contributed by atoms with Crippen molar-refractivity contribution in [1.82, 2.24) is 10.6 Å².